The van der Waals surface area contributed by atoms with E-state index >= 15 is 0 Å². The molecule has 0 spiro atoms. The molecule has 1 atom stereocenters. The molecular formula is C15H23FN2O2S. The van der Waals surface area contributed by atoms with Crippen molar-refractivity contribution in [1.82, 2.24) is 4.72 Å². The molecule has 4 nitrogen and oxygen atoms in total. The number of halogens is 1. The lowest BCUT2D eigenvalue weighted by Gasteiger charge is -2.28. The normalized spacial score (nSPS) is 18.6. The lowest BCUT2D eigenvalue weighted by molar-refractivity contribution is 0.303. The molecule has 0 radical (unpaired) electrons. The van der Waals surface area contributed by atoms with E-state index in [0.29, 0.717) is 5.92 Å². The van der Waals surface area contributed by atoms with Crippen molar-refractivity contribution in [1.29, 1.82) is 0 Å². The maximum Gasteiger partial charge on any atom is 0.240 e. The van der Waals surface area contributed by atoms with Gasteiger partial charge in [0.2, 0.25) is 10.0 Å². The highest BCUT2D eigenvalue weighted by Gasteiger charge is 2.26. The van der Waals surface area contributed by atoms with Gasteiger partial charge in [-0.25, -0.2) is 17.5 Å². The number of rotatable bonds is 4. The van der Waals surface area contributed by atoms with E-state index in [9.17, 15) is 12.8 Å². The van der Waals surface area contributed by atoms with Crippen LogP contribution < -0.4 is 10.5 Å². The Bertz CT molecular complexity index is 587. The molecule has 1 aromatic carbocycles. The third-order valence-corrected chi connectivity index (χ3v) is 5.90. The summed E-state index contributed by atoms with van der Waals surface area (Å²) in [7, 11) is -3.74. The second-order valence-corrected chi connectivity index (χ2v) is 7.64. The Morgan fingerprint density at radius 3 is 2.48 bits per heavy atom. The number of anilines is 1. The zero-order chi connectivity index (χ0) is 15.6. The largest absolute Gasteiger partial charge is 0.398 e. The summed E-state index contributed by atoms with van der Waals surface area (Å²) in [6.45, 7) is 3.40. The Hall–Kier alpha value is -1.14. The van der Waals surface area contributed by atoms with Crippen LogP contribution in [0.3, 0.4) is 0 Å². The monoisotopic (exact) mass is 314 g/mol. The predicted molar refractivity (Wildman–Crippen MR) is 81.9 cm³/mol. The Morgan fingerprint density at radius 2 is 1.90 bits per heavy atom. The van der Waals surface area contributed by atoms with Crippen LogP contribution in [-0.2, 0) is 10.0 Å². The molecule has 1 saturated carbocycles. The van der Waals surface area contributed by atoms with Crippen molar-refractivity contribution >= 4 is 15.7 Å². The van der Waals surface area contributed by atoms with Gasteiger partial charge in [0.05, 0.1) is 4.90 Å². The first-order valence-corrected chi connectivity index (χ1v) is 8.87. The second kappa shape index (κ2) is 6.32. The highest BCUT2D eigenvalue weighted by Crippen LogP contribution is 2.27. The van der Waals surface area contributed by atoms with E-state index in [1.165, 1.54) is 19.4 Å². The first-order chi connectivity index (χ1) is 9.81. The maximum absolute atomic E-state index is 13.7. The standard InChI is InChI=1S/C15H23FN2O2S/c1-10-14(16)8-13(9-15(10)17)21(19,20)18-11(2)12-6-4-3-5-7-12/h8-9,11-12,18H,3-7,17H2,1-2H3. The number of sulfonamides is 1. The smallest absolute Gasteiger partial charge is 0.240 e. The maximum atomic E-state index is 13.7. The van der Waals surface area contributed by atoms with Crippen molar-refractivity contribution in [2.45, 2.75) is 56.9 Å². The van der Waals surface area contributed by atoms with E-state index in [2.05, 4.69) is 4.72 Å². The van der Waals surface area contributed by atoms with E-state index in [1.807, 2.05) is 6.92 Å². The van der Waals surface area contributed by atoms with E-state index in [1.54, 1.807) is 0 Å². The number of benzene rings is 1. The molecule has 1 aromatic rings. The van der Waals surface area contributed by atoms with Crippen LogP contribution >= 0.6 is 0 Å². The Labute approximate surface area is 126 Å². The first-order valence-electron chi connectivity index (χ1n) is 7.39. The summed E-state index contributed by atoms with van der Waals surface area (Å²) in [5, 5.41) is 0. The molecular weight excluding hydrogens is 291 g/mol. The third-order valence-electron chi connectivity index (χ3n) is 4.37. The van der Waals surface area contributed by atoms with Crippen LogP contribution in [-0.4, -0.2) is 14.5 Å². The topological polar surface area (TPSA) is 72.2 Å². The fourth-order valence-electron chi connectivity index (χ4n) is 2.87. The summed E-state index contributed by atoms with van der Waals surface area (Å²) in [6.07, 6.45) is 5.57. The highest BCUT2D eigenvalue weighted by atomic mass is 32.2. The fourth-order valence-corrected chi connectivity index (χ4v) is 4.23. The van der Waals surface area contributed by atoms with Gasteiger partial charge in [-0.15, -0.1) is 0 Å². The van der Waals surface area contributed by atoms with Crippen molar-refractivity contribution in [3.63, 3.8) is 0 Å². The second-order valence-electron chi connectivity index (χ2n) is 5.93. The Morgan fingerprint density at radius 1 is 1.29 bits per heavy atom. The van der Waals surface area contributed by atoms with Crippen molar-refractivity contribution in [3.8, 4) is 0 Å². The number of hydrogen-bond acceptors (Lipinski definition) is 3. The van der Waals surface area contributed by atoms with Gasteiger partial charge in [-0.05, 0) is 44.7 Å². The van der Waals surface area contributed by atoms with Crippen LogP contribution in [0.2, 0.25) is 0 Å². The van der Waals surface area contributed by atoms with Crippen LogP contribution in [0.25, 0.3) is 0 Å². The number of nitrogens with one attached hydrogen (secondary N) is 1. The molecule has 1 aliphatic rings. The summed E-state index contributed by atoms with van der Waals surface area (Å²) in [5.74, 6) is -0.248. The number of hydrogen-bond donors (Lipinski definition) is 2. The van der Waals surface area contributed by atoms with E-state index in [-0.39, 0.29) is 22.2 Å². The quantitative estimate of drug-likeness (QED) is 0.839. The van der Waals surface area contributed by atoms with Gasteiger partial charge in [0.25, 0.3) is 0 Å². The Kier molecular flexibility index (Phi) is 4.88. The van der Waals surface area contributed by atoms with Gasteiger partial charge in [-0.1, -0.05) is 19.3 Å². The van der Waals surface area contributed by atoms with Crippen molar-refractivity contribution in [3.05, 3.63) is 23.5 Å². The van der Waals surface area contributed by atoms with Crippen LogP contribution in [0.15, 0.2) is 17.0 Å². The number of nitrogen functional groups attached to an aromatic ring is 1. The van der Waals surface area contributed by atoms with Crippen LogP contribution in [0.4, 0.5) is 10.1 Å². The predicted octanol–water partition coefficient (Wildman–Crippen LogP) is 2.96. The number of nitrogens with two attached hydrogens (primary N) is 1. The minimum absolute atomic E-state index is 0.106. The molecule has 0 saturated heterocycles. The van der Waals surface area contributed by atoms with Gasteiger partial charge < -0.3 is 5.73 Å². The van der Waals surface area contributed by atoms with Gasteiger partial charge >= 0.3 is 0 Å². The minimum atomic E-state index is -3.74. The zero-order valence-electron chi connectivity index (χ0n) is 12.5. The van der Waals surface area contributed by atoms with Gasteiger partial charge in [0.1, 0.15) is 5.82 Å². The van der Waals surface area contributed by atoms with Gasteiger partial charge in [0, 0.05) is 17.3 Å². The fraction of sp³-hybridized carbons (Fsp3) is 0.600. The molecule has 0 aliphatic heterocycles. The average molecular weight is 314 g/mol. The summed E-state index contributed by atoms with van der Waals surface area (Å²) in [4.78, 5) is -0.106. The molecule has 118 valence electrons. The molecule has 6 heteroatoms. The van der Waals surface area contributed by atoms with E-state index in [0.717, 1.165) is 31.7 Å². The lowest BCUT2D eigenvalue weighted by atomic mass is 9.85. The molecule has 0 bridgehead atoms. The van der Waals surface area contributed by atoms with E-state index in [4.69, 9.17) is 5.73 Å². The summed E-state index contributed by atoms with van der Waals surface area (Å²) in [6, 6.07) is 2.19. The third kappa shape index (κ3) is 3.74. The molecule has 1 aliphatic carbocycles. The minimum Gasteiger partial charge on any atom is -0.398 e. The molecule has 0 heterocycles. The Balaban J connectivity index is 2.18. The average Bonchev–Trinajstić information content (AvgIpc) is 2.44. The molecule has 0 amide bonds. The van der Waals surface area contributed by atoms with Crippen molar-refractivity contribution in [2.75, 3.05) is 5.73 Å². The van der Waals surface area contributed by atoms with Crippen LogP contribution in [0, 0.1) is 18.7 Å². The molecule has 1 unspecified atom stereocenters. The first kappa shape index (κ1) is 16.2. The van der Waals surface area contributed by atoms with Crippen molar-refractivity contribution in [2.24, 2.45) is 5.92 Å². The molecule has 2 rings (SSSR count). The van der Waals surface area contributed by atoms with Gasteiger partial charge in [-0.3, -0.25) is 0 Å². The van der Waals surface area contributed by atoms with Gasteiger partial charge in [-0.2, -0.15) is 0 Å². The molecule has 21 heavy (non-hydrogen) atoms. The summed E-state index contributed by atoms with van der Waals surface area (Å²) < 4.78 is 41.1. The molecule has 3 N–H and O–H groups in total. The molecule has 1 fully saturated rings. The highest BCUT2D eigenvalue weighted by molar-refractivity contribution is 7.89. The SMILES string of the molecule is Cc1c(N)cc(S(=O)(=O)NC(C)C2CCCCC2)cc1F. The van der Waals surface area contributed by atoms with Crippen molar-refractivity contribution < 1.29 is 12.8 Å². The lowest BCUT2D eigenvalue weighted by Crippen LogP contribution is -2.38. The van der Waals surface area contributed by atoms with Crippen LogP contribution in [0.5, 0.6) is 0 Å². The zero-order valence-corrected chi connectivity index (χ0v) is 13.3. The molecule has 0 aromatic heterocycles. The van der Waals surface area contributed by atoms with Crippen LogP contribution in [0.1, 0.15) is 44.6 Å². The summed E-state index contributed by atoms with van der Waals surface area (Å²) in [5.41, 5.74) is 6.09. The summed E-state index contributed by atoms with van der Waals surface area (Å²) >= 11 is 0. The van der Waals surface area contributed by atoms with E-state index < -0.39 is 15.8 Å². The van der Waals surface area contributed by atoms with Gasteiger partial charge in [0.15, 0.2) is 0 Å².